The molecule has 0 aliphatic carbocycles. The molecule has 46 heavy (non-hydrogen) atoms. The molecule has 1 unspecified atom stereocenters. The van der Waals surface area contributed by atoms with E-state index < -0.39 is 55.0 Å². The van der Waals surface area contributed by atoms with Gasteiger partial charge >= 0.3 is 23.0 Å². The van der Waals surface area contributed by atoms with Crippen LogP contribution in [0.15, 0.2) is 23.3 Å². The van der Waals surface area contributed by atoms with Gasteiger partial charge in [0.25, 0.3) is 5.43 Å². The van der Waals surface area contributed by atoms with Crippen LogP contribution in [0.3, 0.4) is 0 Å². The molecule has 18 nitrogen and oxygen atoms in total. The number of aliphatic carboxylic acids is 1. The van der Waals surface area contributed by atoms with Crippen molar-refractivity contribution in [1.82, 2.24) is 20.3 Å². The van der Waals surface area contributed by atoms with Gasteiger partial charge in [0.15, 0.2) is 11.6 Å². The number of hydrogen-bond donors (Lipinski definition) is 5. The molecule has 2 heterocycles. The quantitative estimate of drug-likeness (QED) is 0.241. The molecule has 0 fully saturated rings. The monoisotopic (exact) mass is 699 g/mol. The highest BCUT2D eigenvalue weighted by molar-refractivity contribution is 7.90. The highest BCUT2D eigenvalue weighted by atomic mass is 32.2. The third-order valence-corrected chi connectivity index (χ3v) is 7.27. The summed E-state index contributed by atoms with van der Waals surface area (Å²) >= 11 is -1.50. The van der Waals surface area contributed by atoms with E-state index in [-0.39, 0.29) is 41.8 Å². The van der Waals surface area contributed by atoms with Crippen LogP contribution in [0.1, 0.15) is 99.4 Å². The van der Waals surface area contributed by atoms with Gasteiger partial charge < -0.3 is 14.9 Å². The van der Waals surface area contributed by atoms with Crippen LogP contribution < -0.4 is 26.8 Å². The number of carboxylic acid groups (broad SMARTS) is 1. The Hall–Kier alpha value is -3.75. The molecule has 0 spiro atoms. The Labute approximate surface area is 269 Å². The number of amides is 1. The summed E-state index contributed by atoms with van der Waals surface area (Å²) in [5.74, 6) is -0.641. The number of H-pyrrole nitrogens is 1. The minimum atomic E-state index is -3.40. The lowest BCUT2D eigenvalue weighted by molar-refractivity contribution is -0.143. The molecule has 3 rings (SSSR count). The maximum absolute atomic E-state index is 10.8. The third kappa shape index (κ3) is 18.3. The highest BCUT2D eigenvalue weighted by Crippen LogP contribution is 2.18. The summed E-state index contributed by atoms with van der Waals surface area (Å²) in [4.78, 5) is 53.9. The van der Waals surface area contributed by atoms with Crippen LogP contribution in [0.2, 0.25) is 0 Å². The number of aromatic hydroxyl groups is 1. The maximum atomic E-state index is 10.8. The summed E-state index contributed by atoms with van der Waals surface area (Å²) < 4.78 is 50.9. The fourth-order valence-corrected chi connectivity index (χ4v) is 3.64. The molecule has 20 heteroatoms. The minimum absolute atomic E-state index is 0.00565. The largest absolute Gasteiger partial charge is 0.504 e. The number of aromatic nitrogens is 2. The fourth-order valence-electron chi connectivity index (χ4n) is 2.40. The van der Waals surface area contributed by atoms with E-state index >= 15 is 0 Å². The van der Waals surface area contributed by atoms with Crippen LogP contribution in [0.4, 0.5) is 0 Å². The average molecular weight is 700 g/mol. The molecule has 0 saturated heterocycles. The van der Waals surface area contributed by atoms with Gasteiger partial charge in [-0.05, 0) is 33.6 Å². The van der Waals surface area contributed by atoms with E-state index in [4.69, 9.17) is 14.9 Å². The van der Waals surface area contributed by atoms with Crippen molar-refractivity contribution in [3.63, 3.8) is 0 Å². The standard InChI is InChI=1S/C7H8O3.C5H8N2O2.C5H11NO3S.C5H10O3.C4H8N2O2S/c1-3(2)4-5(8)7(10)6(4)9;1-3(2)4-6-5(8)9-7-4;1-4(2)10(8,9)6-5(3)7;1-4(2)8-3-5(6)7;1-3(2)4-5-8-9(7)6-4/h3,8H,1-2H3;3H,1-2H3,(H,6,7,8);4H,1-3H3,(H,6,7);4H,3H2,1-2H3,(H,6,7);3H,1-2H3,(H,5,6). The summed E-state index contributed by atoms with van der Waals surface area (Å²) in [5.41, 5.74) is 1.44. The molecule has 1 aromatic heterocycles. The maximum Gasteiger partial charge on any atom is 0.438 e. The van der Waals surface area contributed by atoms with Gasteiger partial charge in [0.1, 0.15) is 12.4 Å². The van der Waals surface area contributed by atoms with Gasteiger partial charge in [-0.3, -0.25) is 28.6 Å². The van der Waals surface area contributed by atoms with Crippen molar-refractivity contribution in [3.8, 4) is 5.75 Å². The van der Waals surface area contributed by atoms with Gasteiger partial charge in [0.2, 0.25) is 21.4 Å². The third-order valence-electron chi connectivity index (χ3n) is 4.89. The summed E-state index contributed by atoms with van der Waals surface area (Å²) in [6.07, 6.45) is 0.00565. The predicted molar refractivity (Wildman–Crippen MR) is 170 cm³/mol. The Bertz CT molecular complexity index is 1530. The Morgan fingerprint density at radius 2 is 1.50 bits per heavy atom. The van der Waals surface area contributed by atoms with E-state index in [1.54, 1.807) is 27.7 Å². The van der Waals surface area contributed by atoms with Crippen LogP contribution in [0.25, 0.3) is 0 Å². The Balaban J connectivity index is 0. The molecule has 0 radical (unpaired) electrons. The van der Waals surface area contributed by atoms with Gasteiger partial charge in [-0.1, -0.05) is 46.7 Å². The van der Waals surface area contributed by atoms with E-state index in [9.17, 15) is 36.6 Å². The van der Waals surface area contributed by atoms with Crippen molar-refractivity contribution in [2.45, 2.75) is 99.4 Å². The summed E-state index contributed by atoms with van der Waals surface area (Å²) in [7, 11) is -3.40. The van der Waals surface area contributed by atoms with Crippen LogP contribution in [-0.4, -0.2) is 68.7 Å². The van der Waals surface area contributed by atoms with Crippen molar-refractivity contribution in [2.24, 2.45) is 10.3 Å². The second-order valence-electron chi connectivity index (χ2n) is 10.7. The molecule has 1 amide bonds. The molecule has 1 aliphatic rings. The molecular formula is C26H45N5O13S2. The zero-order valence-electron chi connectivity index (χ0n) is 27.7. The predicted octanol–water partition coefficient (Wildman–Crippen LogP) is 1.11. The van der Waals surface area contributed by atoms with Crippen LogP contribution in [0, 0.1) is 5.92 Å². The molecule has 1 atom stereocenters. The number of hydroxylamine groups is 1. The number of nitrogens with one attached hydrogen (secondary N) is 3. The van der Waals surface area contributed by atoms with Crippen LogP contribution in [0.5, 0.6) is 5.75 Å². The second-order valence-corrected chi connectivity index (χ2v) is 13.8. The lowest BCUT2D eigenvalue weighted by Crippen LogP contribution is -2.34. The van der Waals surface area contributed by atoms with Crippen molar-refractivity contribution in [3.05, 3.63) is 42.4 Å². The number of carboxylic acids is 1. The first-order valence-corrected chi connectivity index (χ1v) is 16.4. The fraction of sp³-hybridized carbons (Fsp3) is 0.654. The van der Waals surface area contributed by atoms with Gasteiger partial charge in [-0.2, -0.15) is 4.28 Å². The molecule has 0 saturated carbocycles. The number of carbonyl (C=O) groups excluding carboxylic acids is 1. The SMILES string of the molecule is CC(=O)NS(=O)(=O)C(C)C.CC(C)C1=NS(=O)ON1.CC(C)OCC(=O)O.CC(C)c1c(O)c(=O)c1=O.CC(C)c1noc(=O)[nH]1. The molecular weight excluding hydrogens is 654 g/mol. The Morgan fingerprint density at radius 3 is 1.67 bits per heavy atom. The molecule has 5 N–H and O–H groups in total. The van der Waals surface area contributed by atoms with E-state index in [2.05, 4.69) is 28.8 Å². The zero-order chi connectivity index (χ0) is 36.5. The Morgan fingerprint density at radius 1 is 0.957 bits per heavy atom. The molecule has 1 aliphatic heterocycles. The first kappa shape index (κ1) is 44.4. The minimum Gasteiger partial charge on any atom is -0.504 e. The van der Waals surface area contributed by atoms with Gasteiger partial charge in [-0.25, -0.2) is 27.7 Å². The molecule has 0 bridgehead atoms. The lowest BCUT2D eigenvalue weighted by Gasteiger charge is -2.06. The summed E-state index contributed by atoms with van der Waals surface area (Å²) in [6, 6.07) is 0. The smallest absolute Gasteiger partial charge is 0.438 e. The van der Waals surface area contributed by atoms with Gasteiger partial charge in [0.05, 0.1) is 16.9 Å². The van der Waals surface area contributed by atoms with Crippen molar-refractivity contribution in [1.29, 1.82) is 0 Å². The average Bonchev–Trinajstić information content (AvgIpc) is 3.56. The van der Waals surface area contributed by atoms with Crippen molar-refractivity contribution < 1.29 is 46.0 Å². The number of nitrogens with zero attached hydrogens (tertiary/aromatic N) is 2. The van der Waals surface area contributed by atoms with E-state index in [1.807, 2.05) is 32.4 Å². The number of aromatic amines is 1. The molecule has 1 aromatic carbocycles. The first-order valence-electron chi connectivity index (χ1n) is 13.8. The number of hydrogen-bond acceptors (Lipinski definition) is 14. The number of rotatable bonds is 8. The van der Waals surface area contributed by atoms with Gasteiger partial charge in [-0.15, -0.1) is 4.40 Å². The lowest BCUT2D eigenvalue weighted by atomic mass is 9.98. The number of carbonyl (C=O) groups is 2. The zero-order valence-corrected chi connectivity index (χ0v) is 29.3. The van der Waals surface area contributed by atoms with Gasteiger partial charge in [0, 0.05) is 18.8 Å². The van der Waals surface area contributed by atoms with Crippen molar-refractivity contribution >= 4 is 39.0 Å². The summed E-state index contributed by atoms with van der Waals surface area (Å²) in [5, 5.41) is 19.8. The number of amidine groups is 1. The Kier molecular flexibility index (Phi) is 20.4. The van der Waals surface area contributed by atoms with E-state index in [0.29, 0.717) is 11.7 Å². The normalized spacial score (nSPS) is 13.8. The second kappa shape index (κ2) is 21.1. The van der Waals surface area contributed by atoms with Crippen LogP contribution >= 0.6 is 0 Å². The van der Waals surface area contributed by atoms with Crippen LogP contribution in [-0.2, 0) is 39.9 Å². The number of sulfonamides is 1. The molecule has 264 valence electrons. The summed E-state index contributed by atoms with van der Waals surface area (Å²) in [6.45, 7) is 18.8. The number of ether oxygens (including phenoxy) is 1. The van der Waals surface area contributed by atoms with Crippen molar-refractivity contribution in [2.75, 3.05) is 6.61 Å². The van der Waals surface area contributed by atoms with E-state index in [1.165, 1.54) is 20.8 Å². The highest BCUT2D eigenvalue weighted by Gasteiger charge is 2.21. The van der Waals surface area contributed by atoms with E-state index in [0.717, 1.165) is 0 Å². The first-order chi connectivity index (χ1) is 20.9. The topological polar surface area (TPSA) is 274 Å². The molecule has 2 aromatic rings.